The van der Waals surface area contributed by atoms with Gasteiger partial charge >= 0.3 is 5.97 Å². The average molecular weight is 287 g/mol. The molecule has 0 saturated carbocycles. The minimum Gasteiger partial charge on any atom is -0.481 e. The monoisotopic (exact) mass is 286 g/mol. The number of carbonyl (C=O) groups is 1. The van der Waals surface area contributed by atoms with Gasteiger partial charge in [-0.25, -0.2) is 4.39 Å². The van der Waals surface area contributed by atoms with Crippen molar-refractivity contribution in [2.24, 2.45) is 5.41 Å². The lowest BCUT2D eigenvalue weighted by Gasteiger charge is -2.28. The molecule has 0 spiro atoms. The normalized spacial score (nSPS) is 14.1. The Morgan fingerprint density at radius 2 is 2.11 bits per heavy atom. The molecule has 1 rings (SSSR count). The van der Waals surface area contributed by atoms with Crippen LogP contribution < -0.4 is 0 Å². The third-order valence-corrected chi connectivity index (χ3v) is 4.12. The molecule has 1 atom stereocenters. The van der Waals surface area contributed by atoms with E-state index in [1.165, 1.54) is 6.07 Å². The standard InChI is InChI=1S/C15H20ClFO2/c1-3-5-9-15(4-2,14(18)19)10-11-7-6-8-12(17)13(11)16/h6-8H,3-5,9-10H2,1-2H3,(H,18,19). The van der Waals surface area contributed by atoms with Gasteiger partial charge in [-0.2, -0.15) is 0 Å². The molecule has 0 heterocycles. The maximum Gasteiger partial charge on any atom is 0.309 e. The van der Waals surface area contributed by atoms with Gasteiger partial charge in [0, 0.05) is 0 Å². The number of aliphatic carboxylic acids is 1. The minimum absolute atomic E-state index is 0.0399. The molecule has 0 fully saturated rings. The number of halogens is 2. The summed E-state index contributed by atoms with van der Waals surface area (Å²) in [5.74, 6) is -1.33. The van der Waals surface area contributed by atoms with Gasteiger partial charge in [-0.15, -0.1) is 0 Å². The van der Waals surface area contributed by atoms with Gasteiger partial charge in [0.25, 0.3) is 0 Å². The first-order valence-electron chi connectivity index (χ1n) is 6.63. The second-order valence-electron chi connectivity index (χ2n) is 4.93. The summed E-state index contributed by atoms with van der Waals surface area (Å²) in [6.07, 6.45) is 3.14. The van der Waals surface area contributed by atoms with Crippen molar-refractivity contribution in [3.8, 4) is 0 Å². The fraction of sp³-hybridized carbons (Fsp3) is 0.533. The molecule has 0 bridgehead atoms. The van der Waals surface area contributed by atoms with Crippen LogP contribution >= 0.6 is 11.6 Å². The highest BCUT2D eigenvalue weighted by Gasteiger charge is 2.36. The Morgan fingerprint density at radius 3 is 2.63 bits per heavy atom. The molecule has 0 saturated heterocycles. The third-order valence-electron chi connectivity index (χ3n) is 3.70. The summed E-state index contributed by atoms with van der Waals surface area (Å²) < 4.78 is 13.4. The van der Waals surface area contributed by atoms with E-state index in [9.17, 15) is 14.3 Å². The van der Waals surface area contributed by atoms with E-state index in [0.717, 1.165) is 12.8 Å². The summed E-state index contributed by atoms with van der Waals surface area (Å²) in [6, 6.07) is 4.55. The summed E-state index contributed by atoms with van der Waals surface area (Å²) in [7, 11) is 0. The summed E-state index contributed by atoms with van der Waals surface area (Å²) in [4.78, 5) is 11.6. The van der Waals surface area contributed by atoms with Crippen LogP contribution in [0.5, 0.6) is 0 Å². The molecule has 0 aliphatic rings. The fourth-order valence-electron chi connectivity index (χ4n) is 2.29. The number of hydrogen-bond acceptors (Lipinski definition) is 1. The van der Waals surface area contributed by atoms with Crippen LogP contribution in [0.1, 0.15) is 45.1 Å². The van der Waals surface area contributed by atoms with Crippen LogP contribution in [0.15, 0.2) is 18.2 Å². The Kier molecular flexibility index (Phi) is 5.80. The Bertz CT molecular complexity index is 448. The van der Waals surface area contributed by atoms with Crippen molar-refractivity contribution >= 4 is 17.6 Å². The molecule has 2 nitrogen and oxygen atoms in total. The Labute approximate surface area is 118 Å². The van der Waals surface area contributed by atoms with Crippen molar-refractivity contribution in [1.82, 2.24) is 0 Å². The summed E-state index contributed by atoms with van der Waals surface area (Å²) >= 11 is 5.93. The average Bonchev–Trinajstić information content (AvgIpc) is 2.39. The van der Waals surface area contributed by atoms with E-state index in [2.05, 4.69) is 0 Å². The Balaban J connectivity index is 3.06. The van der Waals surface area contributed by atoms with E-state index in [1.54, 1.807) is 12.1 Å². The summed E-state index contributed by atoms with van der Waals surface area (Å²) in [5, 5.41) is 9.57. The van der Waals surface area contributed by atoms with E-state index < -0.39 is 17.2 Å². The van der Waals surface area contributed by atoms with Gasteiger partial charge in [0.15, 0.2) is 0 Å². The lowest BCUT2D eigenvalue weighted by atomic mass is 9.75. The molecule has 4 heteroatoms. The zero-order valence-electron chi connectivity index (χ0n) is 11.4. The van der Waals surface area contributed by atoms with Crippen molar-refractivity contribution in [3.05, 3.63) is 34.6 Å². The van der Waals surface area contributed by atoms with E-state index in [1.807, 2.05) is 13.8 Å². The van der Waals surface area contributed by atoms with Crippen LogP contribution in [-0.2, 0) is 11.2 Å². The molecule has 106 valence electrons. The number of carboxylic acids is 1. The molecule has 19 heavy (non-hydrogen) atoms. The number of benzene rings is 1. The van der Waals surface area contributed by atoms with Gasteiger partial charge in [0.1, 0.15) is 5.82 Å². The van der Waals surface area contributed by atoms with Crippen molar-refractivity contribution in [2.75, 3.05) is 0 Å². The first-order valence-corrected chi connectivity index (χ1v) is 7.01. The quantitative estimate of drug-likeness (QED) is 0.789. The van der Waals surface area contributed by atoms with Crippen molar-refractivity contribution in [1.29, 1.82) is 0 Å². The van der Waals surface area contributed by atoms with Crippen molar-refractivity contribution in [3.63, 3.8) is 0 Å². The predicted octanol–water partition coefficient (Wildman–Crippen LogP) is 4.69. The smallest absolute Gasteiger partial charge is 0.309 e. The lowest BCUT2D eigenvalue weighted by Crippen LogP contribution is -2.33. The lowest BCUT2D eigenvalue weighted by molar-refractivity contribution is -0.149. The second kappa shape index (κ2) is 6.90. The highest BCUT2D eigenvalue weighted by Crippen LogP contribution is 2.36. The van der Waals surface area contributed by atoms with Gasteiger partial charge in [-0.05, 0) is 30.9 Å². The number of rotatable bonds is 7. The van der Waals surface area contributed by atoms with Crippen LogP contribution in [0.25, 0.3) is 0 Å². The van der Waals surface area contributed by atoms with Crippen molar-refractivity contribution < 1.29 is 14.3 Å². The Morgan fingerprint density at radius 1 is 1.42 bits per heavy atom. The largest absolute Gasteiger partial charge is 0.481 e. The molecule has 1 aromatic rings. The van der Waals surface area contributed by atoms with E-state index in [4.69, 9.17) is 11.6 Å². The van der Waals surface area contributed by atoms with Crippen molar-refractivity contribution in [2.45, 2.75) is 46.0 Å². The highest BCUT2D eigenvalue weighted by atomic mass is 35.5. The summed E-state index contributed by atoms with van der Waals surface area (Å²) in [6.45, 7) is 3.88. The van der Waals surface area contributed by atoms with E-state index in [-0.39, 0.29) is 11.4 Å². The topological polar surface area (TPSA) is 37.3 Å². The number of carboxylic acid groups (broad SMARTS) is 1. The van der Waals surface area contributed by atoms with Gasteiger partial charge in [-0.1, -0.05) is 50.4 Å². The van der Waals surface area contributed by atoms with Gasteiger partial charge in [0.05, 0.1) is 10.4 Å². The zero-order chi connectivity index (χ0) is 14.5. The van der Waals surface area contributed by atoms with Crippen LogP contribution in [0.4, 0.5) is 4.39 Å². The summed E-state index contributed by atoms with van der Waals surface area (Å²) in [5.41, 5.74) is -0.282. The molecule has 0 radical (unpaired) electrons. The van der Waals surface area contributed by atoms with Crippen LogP contribution in [0, 0.1) is 11.2 Å². The zero-order valence-corrected chi connectivity index (χ0v) is 12.1. The molecule has 1 unspecified atom stereocenters. The highest BCUT2D eigenvalue weighted by molar-refractivity contribution is 6.31. The minimum atomic E-state index is -0.854. The van der Waals surface area contributed by atoms with E-state index in [0.29, 0.717) is 18.4 Å². The van der Waals surface area contributed by atoms with E-state index >= 15 is 0 Å². The third kappa shape index (κ3) is 3.69. The first-order chi connectivity index (χ1) is 8.96. The molecular formula is C15H20ClFO2. The van der Waals surface area contributed by atoms with Gasteiger partial charge in [-0.3, -0.25) is 4.79 Å². The Hall–Kier alpha value is -1.09. The van der Waals surface area contributed by atoms with Gasteiger partial charge in [0.2, 0.25) is 0 Å². The molecule has 0 aliphatic carbocycles. The van der Waals surface area contributed by atoms with Crippen LogP contribution in [-0.4, -0.2) is 11.1 Å². The molecule has 0 aromatic heterocycles. The van der Waals surface area contributed by atoms with Crippen LogP contribution in [0.2, 0.25) is 5.02 Å². The first kappa shape index (κ1) is 16.0. The molecular weight excluding hydrogens is 267 g/mol. The van der Waals surface area contributed by atoms with Crippen LogP contribution in [0.3, 0.4) is 0 Å². The molecule has 1 N–H and O–H groups in total. The second-order valence-corrected chi connectivity index (χ2v) is 5.31. The SMILES string of the molecule is CCCCC(CC)(Cc1cccc(F)c1Cl)C(=O)O. The predicted molar refractivity (Wildman–Crippen MR) is 75.0 cm³/mol. The molecule has 0 amide bonds. The number of hydrogen-bond donors (Lipinski definition) is 1. The molecule has 0 aliphatic heterocycles. The fourth-order valence-corrected chi connectivity index (χ4v) is 2.48. The van der Waals surface area contributed by atoms with Gasteiger partial charge < -0.3 is 5.11 Å². The number of unbranched alkanes of at least 4 members (excludes halogenated alkanes) is 1. The maximum atomic E-state index is 13.4. The molecule has 1 aromatic carbocycles. The maximum absolute atomic E-state index is 13.4.